The second-order valence-corrected chi connectivity index (χ2v) is 64.7. The van der Waals surface area contributed by atoms with Crippen LogP contribution in [-0.2, 0) is 0 Å². The fourth-order valence-corrected chi connectivity index (χ4v) is 0. The standard InChI is InChI=1S/CH5N.3HI.Sn/c1-2;;;;/h2H2,1H3;3*1H;/q;;;;+4/p-2. The molecule has 0 rings (SSSR count). The van der Waals surface area contributed by atoms with Gasteiger partial charge in [-0.25, -0.2) is 0 Å². The molecular formula is CH6I3NSn+2. The van der Waals surface area contributed by atoms with Gasteiger partial charge in [-0.1, -0.05) is 0 Å². The molecule has 0 bridgehead atoms. The Bertz CT molecular complexity index is 15.5. The Kier molecular flexibility index (Phi) is 21.2. The van der Waals surface area contributed by atoms with E-state index in [2.05, 4.69) is 61.6 Å². The summed E-state index contributed by atoms with van der Waals surface area (Å²) in [5.74, 6) is 0. The summed E-state index contributed by atoms with van der Waals surface area (Å²) >= 11 is 7.54. The summed E-state index contributed by atoms with van der Waals surface area (Å²) < 4.78 is 0. The zero-order chi connectivity index (χ0) is 5.58. The monoisotopic (exact) mass is 533 g/mol. The van der Waals surface area contributed by atoms with Crippen molar-refractivity contribution in [2.24, 2.45) is 0 Å². The summed E-state index contributed by atoms with van der Waals surface area (Å²) in [4.78, 5) is 0. The van der Waals surface area contributed by atoms with Gasteiger partial charge in [-0.2, -0.15) is 0 Å². The predicted molar refractivity (Wildman–Crippen MR) is 56.6 cm³/mol. The van der Waals surface area contributed by atoms with Crippen LogP contribution in [0.2, 0.25) is 0 Å². The minimum atomic E-state index is -0.633. The van der Waals surface area contributed by atoms with Crippen LogP contribution in [-0.4, -0.2) is 14.9 Å². The molecular weight excluding hydrogens is 525 g/mol. The molecule has 0 saturated carbocycles. The molecule has 0 aliphatic heterocycles. The number of hydrogen-bond acceptors (Lipinski definition) is 0. The van der Waals surface area contributed by atoms with Gasteiger partial charge in [0.25, 0.3) is 0 Å². The van der Waals surface area contributed by atoms with Gasteiger partial charge in [0.15, 0.2) is 0 Å². The van der Waals surface area contributed by atoms with Gasteiger partial charge in [-0.15, -0.1) is 0 Å². The summed E-state index contributed by atoms with van der Waals surface area (Å²) in [7, 11) is 1.12. The Morgan fingerprint density at radius 1 is 1.17 bits per heavy atom. The van der Waals surface area contributed by atoms with Crippen molar-refractivity contribution in [2.45, 2.75) is 0 Å². The molecule has 5 heteroatoms. The molecule has 0 heterocycles. The Morgan fingerprint density at radius 3 is 1.17 bits per heavy atom. The molecule has 0 aliphatic carbocycles. The maximum atomic E-state index is 3.25. The van der Waals surface area contributed by atoms with Crippen molar-refractivity contribution in [3.05, 3.63) is 0 Å². The summed E-state index contributed by atoms with van der Waals surface area (Å²) in [5, 5.41) is 0. The number of halogens is 3. The Labute approximate surface area is 74.5 Å². The number of hydrogen-bond donors (Lipinski definition) is 1. The second-order valence-electron chi connectivity index (χ2n) is 0.214. The molecule has 0 aromatic rings. The van der Waals surface area contributed by atoms with E-state index < -0.39 is 7.86 Å². The molecule has 0 atom stereocenters. The number of rotatable bonds is 0. The fraction of sp³-hybridized carbons (Fsp3) is 1.00. The predicted octanol–water partition coefficient (Wildman–Crippen LogP) is 1.13. The Morgan fingerprint density at radius 2 is 1.17 bits per heavy atom. The van der Waals surface area contributed by atoms with Crippen LogP contribution in [0.15, 0.2) is 0 Å². The molecule has 38 valence electrons. The molecule has 0 aliphatic rings. The third kappa shape index (κ3) is 28.3. The van der Waals surface area contributed by atoms with Crippen molar-refractivity contribution in [3.63, 3.8) is 0 Å². The van der Waals surface area contributed by atoms with E-state index in [-0.39, 0.29) is 0 Å². The van der Waals surface area contributed by atoms with Crippen molar-refractivity contribution >= 4 is 63.8 Å². The molecule has 0 unspecified atom stereocenters. The van der Waals surface area contributed by atoms with Crippen molar-refractivity contribution in [3.8, 4) is 0 Å². The van der Waals surface area contributed by atoms with Gasteiger partial charge in [0.1, 0.15) is 0 Å². The van der Waals surface area contributed by atoms with Crippen LogP contribution >= 0.6 is 55.9 Å². The van der Waals surface area contributed by atoms with Gasteiger partial charge in [0.05, 0.1) is 7.05 Å². The summed E-state index contributed by atoms with van der Waals surface area (Å²) in [5.41, 5.74) is 3.25. The van der Waals surface area contributed by atoms with Gasteiger partial charge in [0.2, 0.25) is 0 Å². The Hall–Kier alpha value is 2.95. The van der Waals surface area contributed by atoms with Crippen molar-refractivity contribution < 1.29 is 5.73 Å². The summed E-state index contributed by atoms with van der Waals surface area (Å²) in [6.07, 6.45) is 0. The zero-order valence-electron chi connectivity index (χ0n) is 3.34. The van der Waals surface area contributed by atoms with Crippen LogP contribution in [0.25, 0.3) is 0 Å². The van der Waals surface area contributed by atoms with Gasteiger partial charge < -0.3 is 5.73 Å². The first-order chi connectivity index (χ1) is 2.73. The van der Waals surface area contributed by atoms with E-state index in [0.29, 0.717) is 0 Å². The molecule has 0 saturated heterocycles. The molecule has 1 nitrogen and oxygen atoms in total. The van der Waals surface area contributed by atoms with Crippen LogP contribution in [0.5, 0.6) is 0 Å². The van der Waals surface area contributed by atoms with Crippen LogP contribution in [0, 0.1) is 0 Å². The fourth-order valence-electron chi connectivity index (χ4n) is 0. The third-order valence-corrected chi connectivity index (χ3v) is 0. The van der Waals surface area contributed by atoms with E-state index in [9.17, 15) is 0 Å². The molecule has 0 aromatic heterocycles. The van der Waals surface area contributed by atoms with Crippen LogP contribution in [0.3, 0.4) is 0 Å². The minimum absolute atomic E-state index is 0.633. The third-order valence-electron chi connectivity index (χ3n) is 0. The van der Waals surface area contributed by atoms with Crippen LogP contribution in [0.1, 0.15) is 0 Å². The summed E-state index contributed by atoms with van der Waals surface area (Å²) in [6, 6.07) is 0. The molecule has 0 spiro atoms. The Balaban J connectivity index is 0. The van der Waals surface area contributed by atoms with E-state index in [0.717, 1.165) is 0 Å². The summed E-state index contributed by atoms with van der Waals surface area (Å²) in [6.45, 7) is 0. The first-order valence-corrected chi connectivity index (χ1v) is 26.2. The molecule has 0 radical (unpaired) electrons. The normalized spacial score (nSPS) is 5.50. The van der Waals surface area contributed by atoms with Crippen LogP contribution in [0.4, 0.5) is 0 Å². The van der Waals surface area contributed by atoms with Crippen molar-refractivity contribution in [1.29, 1.82) is 0 Å². The first-order valence-electron chi connectivity index (χ1n) is 1.27. The SMILES string of the molecule is C[NH3+].[I][Sn+]([I])[I]. The molecule has 0 amide bonds. The van der Waals surface area contributed by atoms with Crippen molar-refractivity contribution in [1.82, 2.24) is 0 Å². The quantitative estimate of drug-likeness (QED) is 0.359. The molecule has 3 N–H and O–H groups in total. The second kappa shape index (κ2) is 10.8. The molecule has 6 heavy (non-hydrogen) atoms. The van der Waals surface area contributed by atoms with Crippen molar-refractivity contribution in [2.75, 3.05) is 7.05 Å². The van der Waals surface area contributed by atoms with E-state index >= 15 is 0 Å². The first kappa shape index (κ1) is 11.7. The van der Waals surface area contributed by atoms with Crippen LogP contribution < -0.4 is 5.73 Å². The average molecular weight is 531 g/mol. The topological polar surface area (TPSA) is 27.6 Å². The van der Waals surface area contributed by atoms with Gasteiger partial charge in [-0.3, -0.25) is 0 Å². The maximum absolute atomic E-state index is 3.25. The number of quaternary nitrogens is 1. The molecule has 0 fully saturated rings. The van der Waals surface area contributed by atoms with Gasteiger partial charge in [-0.05, 0) is 0 Å². The van der Waals surface area contributed by atoms with E-state index in [1.165, 1.54) is 0 Å². The van der Waals surface area contributed by atoms with E-state index in [4.69, 9.17) is 0 Å². The molecule has 0 aromatic carbocycles. The average Bonchev–Trinajstić information content (AvgIpc) is 1.41. The van der Waals surface area contributed by atoms with Gasteiger partial charge in [0, 0.05) is 0 Å². The van der Waals surface area contributed by atoms with Gasteiger partial charge >= 0.3 is 63.8 Å². The van der Waals surface area contributed by atoms with E-state index in [1.807, 2.05) is 0 Å². The van der Waals surface area contributed by atoms with E-state index in [1.54, 1.807) is 7.05 Å². The zero-order valence-corrected chi connectivity index (χ0v) is 12.7.